The summed E-state index contributed by atoms with van der Waals surface area (Å²) in [7, 11) is 0. The first-order chi connectivity index (χ1) is 8.88. The molecule has 0 aliphatic carbocycles. The van der Waals surface area contributed by atoms with Gasteiger partial charge in [0.05, 0.1) is 0 Å². The van der Waals surface area contributed by atoms with Crippen LogP contribution in [0.1, 0.15) is 31.4 Å². The molecule has 0 aromatic carbocycles. The molecule has 0 spiro atoms. The van der Waals surface area contributed by atoms with Gasteiger partial charge in [-0.15, -0.1) is 11.3 Å². The van der Waals surface area contributed by atoms with Gasteiger partial charge in [-0.1, -0.05) is 0 Å². The molecule has 2 heterocycles. The molecule has 4 nitrogen and oxygen atoms in total. The quantitative estimate of drug-likeness (QED) is 0.877. The summed E-state index contributed by atoms with van der Waals surface area (Å²) in [6.45, 7) is 5.43. The fourth-order valence-corrected chi connectivity index (χ4v) is 3.00. The molecule has 1 N–H and O–H groups in total. The van der Waals surface area contributed by atoms with E-state index in [0.717, 1.165) is 15.3 Å². The van der Waals surface area contributed by atoms with Gasteiger partial charge in [-0.2, -0.15) is 0 Å². The molecule has 0 saturated heterocycles. The normalized spacial score (nSPS) is 10.7. The summed E-state index contributed by atoms with van der Waals surface area (Å²) in [6.07, 6.45) is 0.103. The third-order valence-electron chi connectivity index (χ3n) is 2.80. The molecule has 2 rings (SSSR count). The summed E-state index contributed by atoms with van der Waals surface area (Å²) in [4.78, 5) is 25.8. The van der Waals surface area contributed by atoms with Crippen molar-refractivity contribution in [3.8, 4) is 5.75 Å². The van der Waals surface area contributed by atoms with Crippen molar-refractivity contribution >= 4 is 17.1 Å². The van der Waals surface area contributed by atoms with E-state index < -0.39 is 11.4 Å². The first-order valence-corrected chi connectivity index (χ1v) is 6.63. The first-order valence-electron chi connectivity index (χ1n) is 5.81. The highest BCUT2D eigenvalue weighted by atomic mass is 32.1. The van der Waals surface area contributed by atoms with Crippen molar-refractivity contribution in [2.45, 2.75) is 27.2 Å². The van der Waals surface area contributed by atoms with Crippen LogP contribution in [0, 0.1) is 20.8 Å². The van der Waals surface area contributed by atoms with Crippen molar-refractivity contribution in [3.63, 3.8) is 0 Å². The number of carbonyl (C=O) groups is 1. The Balaban J connectivity index is 2.36. The lowest BCUT2D eigenvalue weighted by atomic mass is 10.1. The third kappa shape index (κ3) is 2.76. The van der Waals surface area contributed by atoms with Crippen LogP contribution in [0.15, 0.2) is 21.3 Å². The summed E-state index contributed by atoms with van der Waals surface area (Å²) in [5.74, 6) is -0.455. The van der Waals surface area contributed by atoms with Crippen molar-refractivity contribution in [1.82, 2.24) is 0 Å². The second-order valence-electron chi connectivity index (χ2n) is 4.47. The number of aryl methyl sites for hydroxylation is 3. The first kappa shape index (κ1) is 13.5. The molecular formula is C14H14O4S. The van der Waals surface area contributed by atoms with E-state index in [1.165, 1.54) is 17.4 Å². The van der Waals surface area contributed by atoms with E-state index >= 15 is 0 Å². The zero-order valence-corrected chi connectivity index (χ0v) is 11.8. The minimum atomic E-state index is -0.784. The molecule has 2 aromatic heterocycles. The van der Waals surface area contributed by atoms with E-state index in [1.807, 2.05) is 19.9 Å². The Hall–Kier alpha value is -1.88. The topological polar surface area (TPSA) is 67.5 Å². The minimum Gasteiger partial charge on any atom is -0.507 e. The molecule has 100 valence electrons. The third-order valence-corrected chi connectivity index (χ3v) is 3.95. The minimum absolute atomic E-state index is 0.103. The van der Waals surface area contributed by atoms with Crippen molar-refractivity contribution in [1.29, 1.82) is 0 Å². The van der Waals surface area contributed by atoms with Gasteiger partial charge in [0, 0.05) is 22.2 Å². The number of ketones is 1. The standard InChI is InChI=1S/C14H14O4S/c1-7-4-9(3)19-12(7)6-11(16)13-10(15)5-8(2)18-14(13)17/h4-5,15H,6H2,1-3H3. The molecule has 0 saturated carbocycles. The maximum Gasteiger partial charge on any atom is 0.350 e. The van der Waals surface area contributed by atoms with E-state index in [9.17, 15) is 14.7 Å². The van der Waals surface area contributed by atoms with Crippen LogP contribution in [0.5, 0.6) is 5.75 Å². The highest BCUT2D eigenvalue weighted by molar-refractivity contribution is 7.12. The molecule has 0 unspecified atom stereocenters. The molecule has 0 aliphatic heterocycles. The van der Waals surface area contributed by atoms with E-state index in [0.29, 0.717) is 0 Å². The van der Waals surface area contributed by atoms with Gasteiger partial charge in [0.2, 0.25) is 0 Å². The van der Waals surface area contributed by atoms with Crippen molar-refractivity contribution < 1.29 is 14.3 Å². The summed E-state index contributed by atoms with van der Waals surface area (Å²) < 4.78 is 4.85. The molecule has 0 radical (unpaired) electrons. The van der Waals surface area contributed by atoms with Gasteiger partial charge in [0.15, 0.2) is 5.78 Å². The van der Waals surface area contributed by atoms with Gasteiger partial charge < -0.3 is 9.52 Å². The van der Waals surface area contributed by atoms with Gasteiger partial charge in [-0.05, 0) is 32.4 Å². The molecule has 5 heteroatoms. The van der Waals surface area contributed by atoms with Gasteiger partial charge in [-0.25, -0.2) is 4.79 Å². The van der Waals surface area contributed by atoms with Crippen LogP contribution in [0.2, 0.25) is 0 Å². The number of aromatic hydroxyl groups is 1. The van der Waals surface area contributed by atoms with Crippen LogP contribution in [0.4, 0.5) is 0 Å². The summed E-state index contributed by atoms with van der Waals surface area (Å²) in [6, 6.07) is 3.27. The summed E-state index contributed by atoms with van der Waals surface area (Å²) in [5, 5.41) is 9.72. The average Bonchev–Trinajstić information content (AvgIpc) is 2.55. The van der Waals surface area contributed by atoms with Crippen LogP contribution >= 0.6 is 11.3 Å². The Morgan fingerprint density at radius 3 is 2.53 bits per heavy atom. The number of thiophene rings is 1. The summed E-state index contributed by atoms with van der Waals surface area (Å²) >= 11 is 1.52. The molecule has 2 aromatic rings. The van der Waals surface area contributed by atoms with Crippen LogP contribution in [0.3, 0.4) is 0 Å². The van der Waals surface area contributed by atoms with Gasteiger partial charge in [-0.3, -0.25) is 4.79 Å². The SMILES string of the molecule is Cc1cc(O)c(C(=O)Cc2sc(C)cc2C)c(=O)o1. The maximum atomic E-state index is 12.1. The van der Waals surface area contributed by atoms with E-state index in [4.69, 9.17) is 4.42 Å². The Morgan fingerprint density at radius 1 is 1.32 bits per heavy atom. The monoisotopic (exact) mass is 278 g/mol. The van der Waals surface area contributed by atoms with Gasteiger partial charge in [0.1, 0.15) is 17.1 Å². The largest absolute Gasteiger partial charge is 0.507 e. The predicted molar refractivity (Wildman–Crippen MR) is 73.2 cm³/mol. The lowest BCUT2D eigenvalue weighted by Gasteiger charge is -2.03. The summed E-state index contributed by atoms with van der Waals surface area (Å²) in [5.41, 5.74) is -0.0312. The van der Waals surface area contributed by atoms with Crippen LogP contribution in [0.25, 0.3) is 0 Å². The average molecular weight is 278 g/mol. The lowest BCUT2D eigenvalue weighted by molar-refractivity contribution is 0.0986. The highest BCUT2D eigenvalue weighted by Gasteiger charge is 2.20. The van der Waals surface area contributed by atoms with Gasteiger partial charge in [0.25, 0.3) is 0 Å². The molecule has 0 amide bonds. The number of carbonyl (C=O) groups excluding carboxylic acids is 1. The second-order valence-corrected chi connectivity index (χ2v) is 5.81. The molecule has 19 heavy (non-hydrogen) atoms. The Labute approximate surface area is 114 Å². The van der Waals surface area contributed by atoms with E-state index in [2.05, 4.69) is 0 Å². The fourth-order valence-electron chi connectivity index (χ4n) is 1.95. The predicted octanol–water partition coefficient (Wildman–Crippen LogP) is 2.76. The van der Waals surface area contributed by atoms with Crippen LogP contribution in [-0.2, 0) is 6.42 Å². The van der Waals surface area contributed by atoms with Crippen LogP contribution in [-0.4, -0.2) is 10.9 Å². The second kappa shape index (κ2) is 5.01. The Bertz CT molecular complexity index is 694. The van der Waals surface area contributed by atoms with Crippen molar-refractivity contribution in [2.75, 3.05) is 0 Å². The fraction of sp³-hybridized carbons (Fsp3) is 0.286. The number of Topliss-reactive ketones (excluding diaryl/α,β-unsaturated/α-hetero) is 1. The zero-order chi connectivity index (χ0) is 14.2. The lowest BCUT2D eigenvalue weighted by Crippen LogP contribution is -2.16. The van der Waals surface area contributed by atoms with E-state index in [1.54, 1.807) is 6.92 Å². The van der Waals surface area contributed by atoms with Crippen LogP contribution < -0.4 is 5.63 Å². The van der Waals surface area contributed by atoms with Crippen molar-refractivity contribution in [2.24, 2.45) is 0 Å². The Morgan fingerprint density at radius 2 is 2.00 bits per heavy atom. The highest BCUT2D eigenvalue weighted by Crippen LogP contribution is 2.24. The smallest absolute Gasteiger partial charge is 0.350 e. The zero-order valence-electron chi connectivity index (χ0n) is 10.9. The number of hydrogen-bond donors (Lipinski definition) is 1. The number of hydrogen-bond acceptors (Lipinski definition) is 5. The molecule has 0 atom stereocenters. The van der Waals surface area contributed by atoms with E-state index in [-0.39, 0.29) is 23.5 Å². The van der Waals surface area contributed by atoms with Crippen molar-refractivity contribution in [3.05, 3.63) is 49.2 Å². The molecular weight excluding hydrogens is 264 g/mol. The molecule has 0 fully saturated rings. The molecule has 0 bridgehead atoms. The van der Waals surface area contributed by atoms with Gasteiger partial charge >= 0.3 is 5.63 Å². The number of rotatable bonds is 3. The molecule has 0 aliphatic rings. The maximum absolute atomic E-state index is 12.1. The Kier molecular flexibility index (Phi) is 3.57.